The Bertz CT molecular complexity index is 3490. The minimum Gasteiger partial charge on any atom is -0.456 e. The quantitative estimate of drug-likeness (QED) is 0.171. The van der Waals surface area contributed by atoms with Crippen LogP contribution in [-0.2, 0) is 0 Å². The van der Waals surface area contributed by atoms with Crippen molar-refractivity contribution in [1.29, 1.82) is 0 Å². The van der Waals surface area contributed by atoms with Crippen LogP contribution in [0, 0.1) is 0 Å². The summed E-state index contributed by atoms with van der Waals surface area (Å²) in [4.78, 5) is 5.23. The second-order valence-corrected chi connectivity index (χ2v) is 15.9. The van der Waals surface area contributed by atoms with Gasteiger partial charge in [0, 0.05) is 22.0 Å². The Hall–Kier alpha value is -8.01. The molecule has 10 aromatic carbocycles. The van der Waals surface area contributed by atoms with Crippen LogP contribution in [0.15, 0.2) is 228 Å². The fraction of sp³-hybridized carbons (Fsp3) is 0.0172. The number of para-hydroxylation sites is 1. The first-order valence-electron chi connectivity index (χ1n) is 20.9. The number of furan rings is 1. The zero-order valence-electron chi connectivity index (χ0n) is 33.2. The van der Waals surface area contributed by atoms with Crippen LogP contribution >= 0.6 is 0 Å². The van der Waals surface area contributed by atoms with Crippen LogP contribution in [0.25, 0.3) is 93.3 Å². The molecule has 286 valence electrons. The topological polar surface area (TPSA) is 37.5 Å². The van der Waals surface area contributed by atoms with E-state index in [1.807, 2.05) is 12.1 Å². The van der Waals surface area contributed by atoms with E-state index in [1.165, 1.54) is 43.4 Å². The summed E-state index contributed by atoms with van der Waals surface area (Å²) in [6.45, 7) is 0. The van der Waals surface area contributed by atoms with Crippen LogP contribution < -0.4 is 5.32 Å². The first kappa shape index (κ1) is 35.0. The average molecular weight is 779 g/mol. The van der Waals surface area contributed by atoms with E-state index in [-0.39, 0.29) is 6.17 Å². The van der Waals surface area contributed by atoms with Crippen molar-refractivity contribution in [2.45, 2.75) is 6.17 Å². The number of nitrogens with zero attached hydrogens (tertiary/aromatic N) is 1. The van der Waals surface area contributed by atoms with Crippen molar-refractivity contribution >= 4 is 65.7 Å². The summed E-state index contributed by atoms with van der Waals surface area (Å²) in [5.74, 6) is 0. The SMILES string of the molecule is C1=C(c2ccccc2)NC(c2ccc(-c3ccc4oc5ccccc5c4c3-c3ccc(-c4ccc5c6ccccc6c6ccccc6c5c4)cc3)cc2)N=C1c1ccccc1. The normalized spacial score (nSPS) is 14.1. The molecule has 0 amide bonds. The number of benzene rings is 10. The predicted octanol–water partition coefficient (Wildman–Crippen LogP) is 15.2. The first-order chi connectivity index (χ1) is 30.2. The van der Waals surface area contributed by atoms with E-state index in [0.717, 1.165) is 72.3 Å². The highest BCUT2D eigenvalue weighted by atomic mass is 16.3. The van der Waals surface area contributed by atoms with Crippen LogP contribution in [0.5, 0.6) is 0 Å². The smallest absolute Gasteiger partial charge is 0.145 e. The third kappa shape index (κ3) is 6.01. The third-order valence-corrected chi connectivity index (χ3v) is 12.3. The van der Waals surface area contributed by atoms with Crippen molar-refractivity contribution < 1.29 is 4.42 Å². The molecule has 0 fully saturated rings. The van der Waals surface area contributed by atoms with E-state index in [0.29, 0.717) is 0 Å². The maximum absolute atomic E-state index is 6.47. The Balaban J connectivity index is 0.951. The molecular formula is C58H38N2O. The van der Waals surface area contributed by atoms with Crippen LogP contribution in [-0.4, -0.2) is 5.71 Å². The standard InChI is InChI=1S/C58H38N2O/c1-3-13-39(14-4-1)52-36-53(40-15-5-2-6-16-40)60-58(59-52)42-29-25-38(26-30-42)44-33-34-55-57(50-21-11-12-22-54(50)61-55)56(44)41-27-23-37(24-28-41)43-31-32-49-47-19-8-7-17-45(47)46-18-9-10-20-48(46)51(49)35-43/h1-36,58-59H. The molecule has 0 spiro atoms. The van der Waals surface area contributed by atoms with Gasteiger partial charge in [0.25, 0.3) is 0 Å². The fourth-order valence-electron chi connectivity index (χ4n) is 9.36. The number of rotatable bonds is 6. The molecule has 61 heavy (non-hydrogen) atoms. The van der Waals surface area contributed by atoms with Gasteiger partial charge in [-0.2, -0.15) is 0 Å². The summed E-state index contributed by atoms with van der Waals surface area (Å²) in [7, 11) is 0. The number of allylic oxidation sites excluding steroid dienone is 1. The lowest BCUT2D eigenvalue weighted by Crippen LogP contribution is -2.24. The lowest BCUT2D eigenvalue weighted by molar-refractivity contribution is 0.664. The molecule has 11 aromatic rings. The predicted molar refractivity (Wildman–Crippen MR) is 256 cm³/mol. The summed E-state index contributed by atoms with van der Waals surface area (Å²) in [6.07, 6.45) is 1.91. The summed E-state index contributed by atoms with van der Waals surface area (Å²) in [6, 6.07) is 76.0. The van der Waals surface area contributed by atoms with Gasteiger partial charge in [0.1, 0.15) is 17.3 Å². The highest BCUT2D eigenvalue weighted by molar-refractivity contribution is 6.26. The van der Waals surface area contributed by atoms with E-state index in [2.05, 4.69) is 212 Å². The molecule has 1 aliphatic heterocycles. The van der Waals surface area contributed by atoms with E-state index in [9.17, 15) is 0 Å². The van der Waals surface area contributed by atoms with Crippen molar-refractivity contribution in [3.05, 3.63) is 235 Å². The maximum atomic E-state index is 6.47. The monoisotopic (exact) mass is 778 g/mol. The van der Waals surface area contributed by atoms with E-state index in [4.69, 9.17) is 9.41 Å². The fourth-order valence-corrected chi connectivity index (χ4v) is 9.36. The number of aliphatic imine (C=N–C) groups is 1. The van der Waals surface area contributed by atoms with Crippen LogP contribution in [0.2, 0.25) is 0 Å². The zero-order chi connectivity index (χ0) is 40.3. The molecule has 0 saturated carbocycles. The summed E-state index contributed by atoms with van der Waals surface area (Å²) >= 11 is 0. The van der Waals surface area contributed by atoms with Gasteiger partial charge < -0.3 is 9.73 Å². The van der Waals surface area contributed by atoms with E-state index >= 15 is 0 Å². The molecule has 0 saturated heterocycles. The van der Waals surface area contributed by atoms with Gasteiger partial charge in [-0.25, -0.2) is 0 Å². The Kier molecular flexibility index (Phi) is 8.24. The molecular weight excluding hydrogens is 741 g/mol. The van der Waals surface area contributed by atoms with Gasteiger partial charge in [-0.3, -0.25) is 4.99 Å². The van der Waals surface area contributed by atoms with Crippen LogP contribution in [0.3, 0.4) is 0 Å². The highest BCUT2D eigenvalue weighted by Gasteiger charge is 2.22. The van der Waals surface area contributed by atoms with Gasteiger partial charge in [-0.15, -0.1) is 0 Å². The summed E-state index contributed by atoms with van der Waals surface area (Å²) < 4.78 is 6.47. The highest BCUT2D eigenvalue weighted by Crippen LogP contribution is 2.44. The second kappa shape index (κ2) is 14.4. The minimum absolute atomic E-state index is 0.247. The Morgan fingerprint density at radius 2 is 0.918 bits per heavy atom. The van der Waals surface area contributed by atoms with Crippen LogP contribution in [0.4, 0.5) is 0 Å². The van der Waals surface area contributed by atoms with Crippen molar-refractivity contribution in [3.8, 4) is 33.4 Å². The molecule has 3 nitrogen and oxygen atoms in total. The van der Waals surface area contributed by atoms with Gasteiger partial charge in [0.15, 0.2) is 0 Å². The number of fused-ring (bicyclic) bond motifs is 9. The summed E-state index contributed by atoms with van der Waals surface area (Å²) in [5.41, 5.74) is 14.0. The first-order valence-corrected chi connectivity index (χ1v) is 20.9. The lowest BCUT2D eigenvalue weighted by atomic mass is 9.89. The third-order valence-electron chi connectivity index (χ3n) is 12.3. The molecule has 1 aliphatic rings. The molecule has 1 atom stereocenters. The molecule has 12 rings (SSSR count). The number of nitrogens with one attached hydrogen (secondary N) is 1. The maximum Gasteiger partial charge on any atom is 0.145 e. The van der Waals surface area contributed by atoms with Crippen molar-refractivity contribution in [3.63, 3.8) is 0 Å². The van der Waals surface area contributed by atoms with Gasteiger partial charge >= 0.3 is 0 Å². The van der Waals surface area contributed by atoms with Gasteiger partial charge in [0.2, 0.25) is 0 Å². The molecule has 3 heteroatoms. The van der Waals surface area contributed by atoms with Gasteiger partial charge in [0.05, 0.1) is 5.71 Å². The van der Waals surface area contributed by atoms with Gasteiger partial charge in [-0.1, -0.05) is 194 Å². The number of hydrogen-bond acceptors (Lipinski definition) is 3. The summed E-state index contributed by atoms with van der Waals surface area (Å²) in [5, 5.41) is 13.6. The number of hydrogen-bond donors (Lipinski definition) is 1. The molecule has 1 N–H and O–H groups in total. The molecule has 1 aromatic heterocycles. The van der Waals surface area contributed by atoms with Gasteiger partial charge in [-0.05, 0) is 101 Å². The minimum atomic E-state index is -0.247. The Labute approximate surface area is 353 Å². The van der Waals surface area contributed by atoms with Crippen molar-refractivity contribution in [2.24, 2.45) is 4.99 Å². The largest absolute Gasteiger partial charge is 0.456 e. The molecule has 1 unspecified atom stereocenters. The van der Waals surface area contributed by atoms with Crippen LogP contribution in [0.1, 0.15) is 22.9 Å². The van der Waals surface area contributed by atoms with Crippen molar-refractivity contribution in [1.82, 2.24) is 5.32 Å². The Morgan fingerprint density at radius 1 is 0.377 bits per heavy atom. The molecule has 0 radical (unpaired) electrons. The average Bonchev–Trinajstić information content (AvgIpc) is 3.73. The zero-order valence-corrected chi connectivity index (χ0v) is 33.2. The molecule has 0 bridgehead atoms. The molecule has 2 heterocycles. The molecule has 0 aliphatic carbocycles. The van der Waals surface area contributed by atoms with E-state index in [1.54, 1.807) is 0 Å². The Morgan fingerprint density at radius 3 is 1.61 bits per heavy atom. The second-order valence-electron chi connectivity index (χ2n) is 15.9. The lowest BCUT2D eigenvalue weighted by Gasteiger charge is -2.25. The van der Waals surface area contributed by atoms with Crippen molar-refractivity contribution in [2.75, 3.05) is 0 Å². The van der Waals surface area contributed by atoms with E-state index < -0.39 is 0 Å².